The second-order valence-corrected chi connectivity index (χ2v) is 37.3. The van der Waals surface area contributed by atoms with Gasteiger partial charge in [0.05, 0.1) is 78.3 Å². The zero-order valence-corrected chi connectivity index (χ0v) is 79.0. The van der Waals surface area contributed by atoms with Gasteiger partial charge >= 0.3 is 0 Å². The van der Waals surface area contributed by atoms with Gasteiger partial charge in [0.25, 0.3) is 0 Å². The summed E-state index contributed by atoms with van der Waals surface area (Å²) >= 11 is 0. The molecule has 12 saturated heterocycles. The number of hydrogen-bond donors (Lipinski definition) is 36. The largest absolute Gasteiger partial charge is 0.394 e. The van der Waals surface area contributed by atoms with Gasteiger partial charge in [-0.15, -0.1) is 0 Å². The molecule has 0 aromatic heterocycles. The number of hydrogen-bond acceptors (Lipinski definition) is 59. The smallest absolute Gasteiger partial charge is 0.217 e. The molecular formula is C82H137N5O59. The Kier molecular flexibility index (Phi) is 42.8. The van der Waals surface area contributed by atoms with E-state index in [2.05, 4.69) is 26.6 Å². The minimum Gasteiger partial charge on any atom is -0.394 e. The lowest BCUT2D eigenvalue weighted by atomic mass is 9.93. The van der Waals surface area contributed by atoms with Crippen molar-refractivity contribution >= 4 is 29.5 Å². The topological polar surface area (TPSA) is 985 Å². The monoisotopic (exact) mass is 2140 g/mol. The fourth-order valence-electron chi connectivity index (χ4n) is 19.2. The van der Waals surface area contributed by atoms with Crippen LogP contribution >= 0.6 is 0 Å². The van der Waals surface area contributed by atoms with Gasteiger partial charge < -0.3 is 294 Å². The summed E-state index contributed by atoms with van der Waals surface area (Å²) in [6, 6.07) is -10.2. The number of ether oxygens (including phenoxy) is 23. The minimum absolute atomic E-state index is 0.844. The van der Waals surface area contributed by atoms with Gasteiger partial charge in [0.15, 0.2) is 75.5 Å². The zero-order valence-electron chi connectivity index (χ0n) is 79.0. The van der Waals surface area contributed by atoms with E-state index in [-0.39, 0.29) is 0 Å². The maximum atomic E-state index is 13.9. The third-order valence-electron chi connectivity index (χ3n) is 27.0. The maximum Gasteiger partial charge on any atom is 0.217 e. The average molecular weight is 2140 g/mol. The highest BCUT2D eigenvalue weighted by atomic mass is 16.8. The highest BCUT2D eigenvalue weighted by Crippen LogP contribution is 2.44. The molecule has 12 fully saturated rings. The van der Waals surface area contributed by atoms with Gasteiger partial charge in [-0.05, 0) is 13.8 Å². The van der Waals surface area contributed by atoms with E-state index >= 15 is 0 Å². The predicted octanol–water partition coefficient (Wildman–Crippen LogP) is -24.4. The highest BCUT2D eigenvalue weighted by molar-refractivity contribution is 5.75. The van der Waals surface area contributed by atoms with Crippen LogP contribution in [-0.4, -0.2) is 622 Å². The molecule has 64 heteroatoms. The molecule has 0 spiro atoms. The molecule has 12 heterocycles. The summed E-state index contributed by atoms with van der Waals surface area (Å²) in [5.74, 6) is -5.09. The highest BCUT2D eigenvalue weighted by Gasteiger charge is 2.65. The summed E-state index contributed by atoms with van der Waals surface area (Å²) in [7, 11) is 0. The molecule has 0 aliphatic carbocycles. The molecule has 12 aliphatic rings. The third-order valence-corrected chi connectivity index (χ3v) is 27.0. The molecule has 0 saturated carbocycles. The van der Waals surface area contributed by atoms with Gasteiger partial charge in [-0.3, -0.25) is 24.0 Å². The second-order valence-electron chi connectivity index (χ2n) is 37.3. The van der Waals surface area contributed by atoms with Crippen molar-refractivity contribution in [3.8, 4) is 0 Å². The Labute approximate surface area is 827 Å². The first-order valence-electron chi connectivity index (χ1n) is 46.9. The summed E-state index contributed by atoms with van der Waals surface area (Å²) in [4.78, 5) is 66.6. The number of carbonyl (C=O) groups is 5. The molecule has 844 valence electrons. The number of amides is 5. The van der Waals surface area contributed by atoms with Crippen LogP contribution in [0, 0.1) is 0 Å². The Morgan fingerprint density at radius 2 is 0.432 bits per heavy atom. The molecule has 5 amide bonds. The van der Waals surface area contributed by atoms with Gasteiger partial charge in [-0.2, -0.15) is 0 Å². The van der Waals surface area contributed by atoms with Gasteiger partial charge in [0.2, 0.25) is 29.5 Å². The normalized spacial score (nSPS) is 49.8. The molecule has 12 rings (SSSR count). The van der Waals surface area contributed by atoms with Crippen LogP contribution < -0.4 is 26.6 Å². The molecule has 64 nitrogen and oxygen atoms in total. The summed E-state index contributed by atoms with van der Waals surface area (Å²) in [6.07, 6.45) is -119. The SMILES string of the molecule is CC(=O)N[C@H]1[C@H](OC[C@H]2O[C@@H](O[C@H]3[C@H](O)[C@@H](CO)O[C@@H](O[C@H]4[C@@H](O)[C@@H](CO)O[C@@H](O[C@H]5[C@H](O)[C@@H](O)[C@H](O)O[C@@H]5CO)[C@@H]4O)[C@@H]3NC(C)=O)[C@H](O)[C@@H](O[C@@H]3O[C@H](CO)[C@@H](O)[C@H](O[C@@H]4O[C@H](CO)[C@H](O)[C@H](O[C@H]5O[C@H](CO)[C@H](O)[C@H](O)[C@H]5NC(C)=O)[C@H]4O[C@@H]4O[C@@H](C)[C@@H](O)[C@@H](O)[C@@H]4O)[C@H]3NC(C)=O)[C@H]2O)O[C@H](CO)[C@@H](O[C@@H]2O[C@H](CO)[C@H](O)[C@H](O[C@H]3O[C@H](CO)[C@H](O)[C@H](O)[C@H]3NC(C)=O)[C@H]2O[C@@H]2O[C@@H](C)[C@@H](O)[C@@H](O)[C@@H]2O)[C@@H]1O. The lowest BCUT2D eigenvalue weighted by Gasteiger charge is -2.52. The van der Waals surface area contributed by atoms with Gasteiger partial charge in [-0.25, -0.2) is 0 Å². The number of carbonyl (C=O) groups excluding carboxylic acids is 5. The van der Waals surface area contributed by atoms with Crippen molar-refractivity contribution in [2.24, 2.45) is 0 Å². The fraction of sp³-hybridized carbons (Fsp3) is 0.939. The van der Waals surface area contributed by atoms with Gasteiger partial charge in [-0.1, -0.05) is 0 Å². The van der Waals surface area contributed by atoms with Crippen molar-refractivity contribution in [3.63, 3.8) is 0 Å². The first-order chi connectivity index (χ1) is 69.0. The summed E-state index contributed by atoms with van der Waals surface area (Å²) in [5.41, 5.74) is 0. The first kappa shape index (κ1) is 120. The van der Waals surface area contributed by atoms with Crippen LogP contribution in [0.4, 0.5) is 0 Å². The van der Waals surface area contributed by atoms with Crippen LogP contribution in [0.5, 0.6) is 0 Å². The molecular weight excluding hydrogens is 2000 g/mol. The molecule has 60 atom stereocenters. The number of aliphatic hydroxyl groups is 31. The van der Waals surface area contributed by atoms with Crippen LogP contribution in [0.2, 0.25) is 0 Å². The Hall–Kier alpha value is -4.81. The van der Waals surface area contributed by atoms with Crippen LogP contribution in [0.1, 0.15) is 48.5 Å². The zero-order chi connectivity index (χ0) is 107. The Bertz CT molecular complexity index is 4090. The predicted molar refractivity (Wildman–Crippen MR) is 450 cm³/mol. The molecule has 0 unspecified atom stereocenters. The molecule has 146 heavy (non-hydrogen) atoms. The standard InChI is InChI=1S/C82H137N5O59/c1-18-40(102)53(115)57(119)77(125-18)145-69-67(143-73-35(83-20(3)97)50(112)42(104)25(8-88)128-73)47(109)30(13-93)133-81(69)138-61-33(16-96)135-72(37(52(61)114)85-22(5)99)124-17-34-49(111)66(60(122)80(136-34)139-63-38(86-23(6)100)75(130-27(10-90)44(63)106)141-65-46(108)29(12-92)132-79(59(65)121)137-62-32(15-95)127-71(123)56(118)55(62)117)142-76-39(87-24(7)101)64(45(107)28(11-91)131-76)140-82-70(146-78-58(120)54(116)41(103)19(2)126-78)68(48(110)31(14-94)134-82)144-74-36(84-21(4)98)51(113)43(105)26(9-89)129-74/h18-19,25-82,88-96,102-123H,8-17H2,1-7H3,(H,83,97)(H,84,98)(H,85,99)(H,86,100)(H,87,101)/t18-,19-,25+,26+,27+,28+,29+,30+,31+,32+,33+,34+,35+,36+,37+,38+,39+,40+,41+,42-,43-,44+,45+,46-,47-,48-,49-,50+,51+,52+,53+,54+,55+,56+,57-,58-,59+,60+,61+,62+,63+,64+,65-,66-,67-,68-,69+,70+,71+,72+,73+,74+,75-,76-,77-,78-,79-,80-,81-,82-/m0/s1. The number of nitrogens with one attached hydrogen (secondary N) is 5. The van der Waals surface area contributed by atoms with Crippen molar-refractivity contribution in [3.05, 3.63) is 0 Å². The van der Waals surface area contributed by atoms with E-state index in [9.17, 15) is 182 Å². The van der Waals surface area contributed by atoms with Crippen molar-refractivity contribution in [2.45, 2.75) is 417 Å². The van der Waals surface area contributed by atoms with Crippen molar-refractivity contribution < 1.29 is 291 Å². The van der Waals surface area contributed by atoms with E-state index in [1.807, 2.05) is 0 Å². The van der Waals surface area contributed by atoms with Crippen LogP contribution in [0.3, 0.4) is 0 Å². The lowest BCUT2D eigenvalue weighted by Crippen LogP contribution is -2.72. The third kappa shape index (κ3) is 26.3. The van der Waals surface area contributed by atoms with E-state index in [1.54, 1.807) is 0 Å². The second kappa shape index (κ2) is 52.2. The van der Waals surface area contributed by atoms with Crippen LogP contribution in [0.15, 0.2) is 0 Å². The minimum atomic E-state index is -2.75. The summed E-state index contributed by atoms with van der Waals surface area (Å²) in [6.45, 7) is -5.09. The van der Waals surface area contributed by atoms with E-state index in [0.29, 0.717) is 0 Å². The number of aliphatic hydroxyl groups excluding tert-OH is 31. The molecule has 12 aliphatic heterocycles. The summed E-state index contributed by atoms with van der Waals surface area (Å²) < 4.78 is 140. The van der Waals surface area contributed by atoms with Crippen molar-refractivity contribution in [1.29, 1.82) is 0 Å². The Balaban J connectivity index is 0.917. The van der Waals surface area contributed by atoms with Crippen LogP contribution in [-0.2, 0) is 133 Å². The van der Waals surface area contributed by atoms with E-state index in [4.69, 9.17) is 109 Å². The Morgan fingerprint density at radius 3 is 0.795 bits per heavy atom. The van der Waals surface area contributed by atoms with E-state index < -0.39 is 464 Å². The quantitative estimate of drug-likeness (QED) is 0.0275. The average Bonchev–Trinajstić information content (AvgIpc) is 0.760. The van der Waals surface area contributed by atoms with Gasteiger partial charge in [0.1, 0.15) is 280 Å². The molecule has 0 radical (unpaired) electrons. The fourth-order valence-corrected chi connectivity index (χ4v) is 19.2. The van der Waals surface area contributed by atoms with Gasteiger partial charge in [0, 0.05) is 34.6 Å². The summed E-state index contributed by atoms with van der Waals surface area (Å²) in [5, 5.41) is 364. The number of rotatable bonds is 37. The Morgan fingerprint density at radius 1 is 0.192 bits per heavy atom. The molecule has 0 aromatic carbocycles. The van der Waals surface area contributed by atoms with Crippen molar-refractivity contribution in [1.82, 2.24) is 26.6 Å². The van der Waals surface area contributed by atoms with E-state index in [1.165, 1.54) is 13.8 Å². The molecule has 0 aromatic rings. The first-order valence-corrected chi connectivity index (χ1v) is 46.9. The molecule has 0 bridgehead atoms. The van der Waals surface area contributed by atoms with E-state index in [0.717, 1.165) is 34.6 Å². The van der Waals surface area contributed by atoms with Crippen LogP contribution in [0.25, 0.3) is 0 Å². The van der Waals surface area contributed by atoms with Crippen molar-refractivity contribution in [2.75, 3.05) is 66.1 Å². The lowest BCUT2D eigenvalue weighted by molar-refractivity contribution is -0.402. The molecule has 36 N–H and O–H groups in total. The maximum absolute atomic E-state index is 13.9.